The highest BCUT2D eigenvalue weighted by atomic mass is 79.9. The number of rotatable bonds is 4. The fourth-order valence-corrected chi connectivity index (χ4v) is 3.41. The Balaban J connectivity index is 2.32. The van der Waals surface area contributed by atoms with Gasteiger partial charge in [-0.05, 0) is 34.3 Å². The molecule has 17 heavy (non-hydrogen) atoms. The predicted octanol–water partition coefficient (Wildman–Crippen LogP) is 5.09. The van der Waals surface area contributed by atoms with E-state index in [0.29, 0.717) is 0 Å². The van der Waals surface area contributed by atoms with Crippen molar-refractivity contribution in [3.05, 3.63) is 38.6 Å². The van der Waals surface area contributed by atoms with Crippen LogP contribution in [0.5, 0.6) is 0 Å². The van der Waals surface area contributed by atoms with Crippen molar-refractivity contribution in [1.82, 2.24) is 4.98 Å². The van der Waals surface area contributed by atoms with Gasteiger partial charge in [0.2, 0.25) is 0 Å². The van der Waals surface area contributed by atoms with Gasteiger partial charge in [0.25, 0.3) is 0 Å². The number of thiazole rings is 1. The van der Waals surface area contributed by atoms with E-state index in [1.54, 1.807) is 11.3 Å². The van der Waals surface area contributed by atoms with E-state index in [2.05, 4.69) is 59.0 Å². The zero-order chi connectivity index (χ0) is 12.3. The largest absolute Gasteiger partial charge is 0.229 e. The highest BCUT2D eigenvalue weighted by Gasteiger charge is 2.10. The van der Waals surface area contributed by atoms with Crippen LogP contribution in [0.3, 0.4) is 0 Å². The first kappa shape index (κ1) is 12.8. The van der Waals surface area contributed by atoms with Gasteiger partial charge < -0.3 is 0 Å². The highest BCUT2D eigenvalue weighted by molar-refractivity contribution is 9.11. The molecule has 1 nitrogen and oxygen atoms in total. The molecule has 0 atom stereocenters. The maximum Gasteiger partial charge on any atom is 0.160 e. The highest BCUT2D eigenvalue weighted by Crippen LogP contribution is 2.31. The summed E-state index contributed by atoms with van der Waals surface area (Å²) in [6, 6.07) is 8.80. The van der Waals surface area contributed by atoms with Crippen LogP contribution in [-0.2, 0) is 12.8 Å². The number of nitrogens with zero attached hydrogens (tertiary/aromatic N) is 1. The van der Waals surface area contributed by atoms with Gasteiger partial charge in [-0.25, -0.2) is 4.98 Å². The van der Waals surface area contributed by atoms with Gasteiger partial charge >= 0.3 is 0 Å². The quantitative estimate of drug-likeness (QED) is 0.766. The van der Waals surface area contributed by atoms with Crippen molar-refractivity contribution in [1.29, 1.82) is 0 Å². The number of aromatic nitrogens is 1. The Morgan fingerprint density at radius 1 is 1.18 bits per heavy atom. The zero-order valence-electron chi connectivity index (χ0n) is 10.2. The van der Waals surface area contributed by atoms with E-state index in [4.69, 9.17) is 0 Å². The molecule has 0 bridgehead atoms. The fraction of sp³-hybridized carbons (Fsp3) is 0.357. The maximum absolute atomic E-state index is 4.56. The van der Waals surface area contributed by atoms with Crippen LogP contribution in [0.15, 0.2) is 28.2 Å². The predicted molar refractivity (Wildman–Crippen MR) is 78.6 cm³/mol. The van der Waals surface area contributed by atoms with E-state index in [9.17, 15) is 0 Å². The van der Waals surface area contributed by atoms with Crippen molar-refractivity contribution in [2.45, 2.75) is 33.1 Å². The average molecular weight is 310 g/mol. The molecule has 1 heterocycles. The number of benzene rings is 1. The zero-order valence-corrected chi connectivity index (χ0v) is 12.6. The number of aryl methyl sites for hydroxylation is 2. The van der Waals surface area contributed by atoms with Crippen molar-refractivity contribution < 1.29 is 0 Å². The van der Waals surface area contributed by atoms with Gasteiger partial charge in [0.15, 0.2) is 3.92 Å². The number of hydrogen-bond donors (Lipinski definition) is 0. The SMILES string of the molecule is CCCc1ccc(-c2nc(Br)sc2CC)cc1. The molecule has 0 spiro atoms. The summed E-state index contributed by atoms with van der Waals surface area (Å²) in [4.78, 5) is 5.91. The third-order valence-corrected chi connectivity index (χ3v) is 4.41. The molecule has 0 saturated heterocycles. The first-order chi connectivity index (χ1) is 8.24. The van der Waals surface area contributed by atoms with Crippen molar-refractivity contribution in [3.63, 3.8) is 0 Å². The van der Waals surface area contributed by atoms with E-state index >= 15 is 0 Å². The van der Waals surface area contributed by atoms with E-state index in [1.165, 1.54) is 22.4 Å². The molecular weight excluding hydrogens is 294 g/mol. The standard InChI is InChI=1S/C14H16BrNS/c1-3-5-10-6-8-11(9-7-10)13-12(4-2)17-14(15)16-13/h6-9H,3-5H2,1-2H3. The molecule has 0 fully saturated rings. The molecule has 1 aromatic heterocycles. The molecule has 1 aromatic carbocycles. The summed E-state index contributed by atoms with van der Waals surface area (Å²) in [5, 5.41) is 0. The molecule has 0 radical (unpaired) electrons. The Morgan fingerprint density at radius 2 is 1.88 bits per heavy atom. The van der Waals surface area contributed by atoms with Gasteiger partial charge in [-0.1, -0.05) is 44.5 Å². The summed E-state index contributed by atoms with van der Waals surface area (Å²) in [7, 11) is 0. The molecule has 0 saturated carbocycles. The summed E-state index contributed by atoms with van der Waals surface area (Å²) >= 11 is 5.20. The number of halogens is 1. The summed E-state index contributed by atoms with van der Waals surface area (Å²) in [6.45, 7) is 4.38. The van der Waals surface area contributed by atoms with Crippen LogP contribution in [0, 0.1) is 0 Å². The van der Waals surface area contributed by atoms with Gasteiger partial charge in [-0.3, -0.25) is 0 Å². The fourth-order valence-electron chi connectivity index (χ4n) is 1.91. The molecule has 90 valence electrons. The first-order valence-electron chi connectivity index (χ1n) is 5.99. The first-order valence-corrected chi connectivity index (χ1v) is 7.60. The van der Waals surface area contributed by atoms with Gasteiger partial charge in [0, 0.05) is 10.4 Å². The minimum absolute atomic E-state index is 0.974. The third-order valence-electron chi connectivity index (χ3n) is 2.76. The number of hydrogen-bond acceptors (Lipinski definition) is 2. The molecule has 0 N–H and O–H groups in total. The van der Waals surface area contributed by atoms with Gasteiger partial charge in [-0.15, -0.1) is 11.3 Å². The topological polar surface area (TPSA) is 12.9 Å². The van der Waals surface area contributed by atoms with Crippen LogP contribution < -0.4 is 0 Å². The Kier molecular flexibility index (Phi) is 4.35. The van der Waals surface area contributed by atoms with Crippen molar-refractivity contribution >= 4 is 27.3 Å². The summed E-state index contributed by atoms with van der Waals surface area (Å²) < 4.78 is 0.974. The molecule has 2 rings (SSSR count). The second-order valence-corrected chi connectivity index (χ2v) is 6.40. The van der Waals surface area contributed by atoms with Crippen molar-refractivity contribution in [2.75, 3.05) is 0 Å². The summed E-state index contributed by atoms with van der Waals surface area (Å²) in [6.07, 6.45) is 3.39. The van der Waals surface area contributed by atoms with E-state index in [-0.39, 0.29) is 0 Å². The minimum atomic E-state index is 0.974. The molecule has 0 amide bonds. The van der Waals surface area contributed by atoms with Gasteiger partial charge in [0.05, 0.1) is 5.69 Å². The Morgan fingerprint density at radius 3 is 2.47 bits per heavy atom. The monoisotopic (exact) mass is 309 g/mol. The second-order valence-electron chi connectivity index (χ2n) is 4.04. The van der Waals surface area contributed by atoms with Crippen LogP contribution in [0.2, 0.25) is 0 Å². The molecule has 3 heteroatoms. The minimum Gasteiger partial charge on any atom is -0.229 e. The van der Waals surface area contributed by atoms with Crippen molar-refractivity contribution in [2.24, 2.45) is 0 Å². The molecule has 0 unspecified atom stereocenters. The molecule has 0 aliphatic rings. The second kappa shape index (κ2) is 5.78. The van der Waals surface area contributed by atoms with Crippen LogP contribution >= 0.6 is 27.3 Å². The van der Waals surface area contributed by atoms with Gasteiger partial charge in [0.1, 0.15) is 0 Å². The molecule has 0 aliphatic heterocycles. The molecular formula is C14H16BrNS. The summed E-state index contributed by atoms with van der Waals surface area (Å²) in [5.74, 6) is 0. The molecule has 2 aromatic rings. The van der Waals surface area contributed by atoms with Crippen LogP contribution in [0.4, 0.5) is 0 Å². The lowest BCUT2D eigenvalue weighted by Gasteiger charge is -2.02. The summed E-state index contributed by atoms with van der Waals surface area (Å²) in [5.41, 5.74) is 3.76. The third kappa shape index (κ3) is 2.96. The Labute approximate surface area is 115 Å². The Bertz CT molecular complexity index is 487. The molecule has 0 aliphatic carbocycles. The normalized spacial score (nSPS) is 10.8. The lowest BCUT2D eigenvalue weighted by atomic mass is 10.1. The van der Waals surface area contributed by atoms with E-state index in [0.717, 1.165) is 22.5 Å². The lowest BCUT2D eigenvalue weighted by molar-refractivity contribution is 0.922. The smallest absolute Gasteiger partial charge is 0.160 e. The average Bonchev–Trinajstić information content (AvgIpc) is 2.72. The maximum atomic E-state index is 4.56. The van der Waals surface area contributed by atoms with Crippen LogP contribution in [0.25, 0.3) is 11.3 Å². The Hall–Kier alpha value is -0.670. The van der Waals surface area contributed by atoms with Crippen LogP contribution in [0.1, 0.15) is 30.7 Å². The van der Waals surface area contributed by atoms with Crippen LogP contribution in [-0.4, -0.2) is 4.98 Å². The van der Waals surface area contributed by atoms with E-state index in [1.807, 2.05) is 0 Å². The van der Waals surface area contributed by atoms with Crippen molar-refractivity contribution in [3.8, 4) is 11.3 Å². The van der Waals surface area contributed by atoms with Gasteiger partial charge in [-0.2, -0.15) is 0 Å². The van der Waals surface area contributed by atoms with E-state index < -0.39 is 0 Å². The lowest BCUT2D eigenvalue weighted by Crippen LogP contribution is -1.86.